The van der Waals surface area contributed by atoms with E-state index in [1.807, 2.05) is 85.8 Å². The van der Waals surface area contributed by atoms with Gasteiger partial charge < -0.3 is 15.4 Å². The first-order chi connectivity index (χ1) is 15.1. The molecule has 0 atom stereocenters. The van der Waals surface area contributed by atoms with E-state index in [9.17, 15) is 9.59 Å². The highest BCUT2D eigenvalue weighted by Gasteiger charge is 2.14. The molecule has 0 spiro atoms. The number of rotatable bonds is 6. The van der Waals surface area contributed by atoms with Gasteiger partial charge in [-0.2, -0.15) is 0 Å². The predicted octanol–water partition coefficient (Wildman–Crippen LogP) is 5.42. The molecule has 0 bridgehead atoms. The van der Waals surface area contributed by atoms with E-state index in [0.29, 0.717) is 17.0 Å². The Labute approximate surface area is 180 Å². The molecule has 4 aromatic carbocycles. The summed E-state index contributed by atoms with van der Waals surface area (Å²) < 4.78 is 5.78. The maximum atomic E-state index is 12.9. The molecule has 0 fully saturated rings. The van der Waals surface area contributed by atoms with Crippen molar-refractivity contribution in [2.75, 3.05) is 17.2 Å². The minimum Gasteiger partial charge on any atom is -0.483 e. The lowest BCUT2D eigenvalue weighted by atomic mass is 10.0. The van der Waals surface area contributed by atoms with Crippen molar-refractivity contribution in [3.05, 3.63) is 102 Å². The average molecular weight is 410 g/mol. The van der Waals surface area contributed by atoms with Crippen LogP contribution < -0.4 is 15.4 Å². The fourth-order valence-electron chi connectivity index (χ4n) is 3.38. The number of fused-ring (bicyclic) bond motifs is 1. The summed E-state index contributed by atoms with van der Waals surface area (Å²) in [7, 11) is 0. The van der Waals surface area contributed by atoms with Gasteiger partial charge in [-0.25, -0.2) is 0 Å². The molecular weight excluding hydrogens is 388 g/mol. The fraction of sp³-hybridized carbons (Fsp3) is 0.0769. The van der Waals surface area contributed by atoms with Crippen LogP contribution in [0, 0.1) is 6.92 Å². The van der Waals surface area contributed by atoms with E-state index in [0.717, 1.165) is 22.0 Å². The Morgan fingerprint density at radius 1 is 0.742 bits per heavy atom. The van der Waals surface area contributed by atoms with Crippen molar-refractivity contribution in [1.82, 2.24) is 0 Å². The van der Waals surface area contributed by atoms with Gasteiger partial charge in [-0.1, -0.05) is 54.6 Å². The second-order valence-corrected chi connectivity index (χ2v) is 7.18. The molecule has 0 aliphatic rings. The van der Waals surface area contributed by atoms with Gasteiger partial charge in [0.25, 0.3) is 11.8 Å². The van der Waals surface area contributed by atoms with Crippen molar-refractivity contribution in [3.63, 3.8) is 0 Å². The van der Waals surface area contributed by atoms with E-state index < -0.39 is 0 Å². The van der Waals surface area contributed by atoms with Crippen molar-refractivity contribution in [3.8, 4) is 5.75 Å². The fourth-order valence-corrected chi connectivity index (χ4v) is 3.38. The van der Waals surface area contributed by atoms with Gasteiger partial charge in [-0.15, -0.1) is 0 Å². The molecule has 0 aromatic heterocycles. The molecule has 0 unspecified atom stereocenters. The zero-order valence-corrected chi connectivity index (χ0v) is 17.1. The minimum absolute atomic E-state index is 0.131. The van der Waals surface area contributed by atoms with Crippen LogP contribution in [0.1, 0.15) is 15.9 Å². The zero-order valence-electron chi connectivity index (χ0n) is 17.1. The van der Waals surface area contributed by atoms with Gasteiger partial charge in [0.05, 0.1) is 0 Å². The highest BCUT2D eigenvalue weighted by atomic mass is 16.5. The van der Waals surface area contributed by atoms with E-state index in [1.165, 1.54) is 0 Å². The Kier molecular flexibility index (Phi) is 5.94. The van der Waals surface area contributed by atoms with Gasteiger partial charge in [-0.3, -0.25) is 9.59 Å². The number of carbonyl (C=O) groups is 2. The molecule has 2 N–H and O–H groups in total. The van der Waals surface area contributed by atoms with Gasteiger partial charge in [0, 0.05) is 22.3 Å². The first kappa shape index (κ1) is 20.2. The number of ether oxygens (including phenoxy) is 1. The molecule has 4 aromatic rings. The quantitative estimate of drug-likeness (QED) is 0.446. The number of anilines is 2. The molecule has 0 saturated heterocycles. The van der Waals surface area contributed by atoms with Crippen LogP contribution >= 0.6 is 0 Å². The lowest BCUT2D eigenvalue weighted by Crippen LogP contribution is -2.20. The summed E-state index contributed by atoms with van der Waals surface area (Å²) >= 11 is 0. The highest BCUT2D eigenvalue weighted by Crippen LogP contribution is 2.29. The summed E-state index contributed by atoms with van der Waals surface area (Å²) in [5.41, 5.74) is 3.06. The van der Waals surface area contributed by atoms with E-state index >= 15 is 0 Å². The van der Waals surface area contributed by atoms with Crippen LogP contribution in [-0.4, -0.2) is 18.4 Å². The molecule has 0 radical (unpaired) electrons. The predicted molar refractivity (Wildman–Crippen MR) is 124 cm³/mol. The molecule has 31 heavy (non-hydrogen) atoms. The topological polar surface area (TPSA) is 67.4 Å². The Morgan fingerprint density at radius 2 is 1.45 bits per heavy atom. The standard InChI is InChI=1S/C26H22N2O3/c1-18-8-7-11-20(16-18)28-26(30)23-14-15-24(22-13-6-5-12-21(22)23)31-17-25(29)27-19-9-3-2-4-10-19/h2-16H,17H2,1H3,(H,27,29)(H,28,30). The van der Waals surface area contributed by atoms with Gasteiger partial charge >= 0.3 is 0 Å². The second kappa shape index (κ2) is 9.13. The van der Waals surface area contributed by atoms with Crippen LogP contribution in [0.25, 0.3) is 10.8 Å². The molecule has 5 nitrogen and oxygen atoms in total. The van der Waals surface area contributed by atoms with Crippen LogP contribution in [0.2, 0.25) is 0 Å². The monoisotopic (exact) mass is 410 g/mol. The summed E-state index contributed by atoms with van der Waals surface area (Å²) in [4.78, 5) is 25.1. The largest absolute Gasteiger partial charge is 0.483 e. The highest BCUT2D eigenvalue weighted by molar-refractivity contribution is 6.14. The van der Waals surface area contributed by atoms with E-state index in [-0.39, 0.29) is 18.4 Å². The lowest BCUT2D eigenvalue weighted by Gasteiger charge is -2.13. The van der Waals surface area contributed by atoms with Crippen molar-refractivity contribution in [2.24, 2.45) is 0 Å². The normalized spacial score (nSPS) is 10.5. The number of benzene rings is 4. The number of hydrogen-bond acceptors (Lipinski definition) is 3. The minimum atomic E-state index is -0.253. The summed E-state index contributed by atoms with van der Waals surface area (Å²) in [6, 6.07) is 27.8. The number of carbonyl (C=O) groups excluding carboxylic acids is 2. The van der Waals surface area contributed by atoms with Gasteiger partial charge in [0.2, 0.25) is 0 Å². The number of hydrogen-bond donors (Lipinski definition) is 2. The summed E-state index contributed by atoms with van der Waals surface area (Å²) in [5.74, 6) is 0.0950. The zero-order chi connectivity index (χ0) is 21.6. The molecular formula is C26H22N2O3. The SMILES string of the molecule is Cc1cccc(NC(=O)c2ccc(OCC(=O)Nc3ccccc3)c3ccccc23)c1. The Morgan fingerprint density at radius 3 is 2.23 bits per heavy atom. The van der Waals surface area contributed by atoms with Gasteiger partial charge in [0.1, 0.15) is 5.75 Å². The average Bonchev–Trinajstić information content (AvgIpc) is 2.78. The van der Waals surface area contributed by atoms with E-state index in [2.05, 4.69) is 10.6 Å². The molecule has 2 amide bonds. The van der Waals surface area contributed by atoms with Crippen molar-refractivity contribution in [1.29, 1.82) is 0 Å². The maximum absolute atomic E-state index is 12.9. The number of nitrogens with one attached hydrogen (secondary N) is 2. The van der Waals surface area contributed by atoms with E-state index in [1.54, 1.807) is 12.1 Å². The first-order valence-electron chi connectivity index (χ1n) is 9.97. The molecule has 4 rings (SSSR count). The van der Waals surface area contributed by atoms with E-state index in [4.69, 9.17) is 4.74 Å². The summed E-state index contributed by atoms with van der Waals surface area (Å²) in [6.45, 7) is 1.85. The second-order valence-electron chi connectivity index (χ2n) is 7.18. The molecule has 0 saturated carbocycles. The third kappa shape index (κ3) is 4.90. The van der Waals surface area contributed by atoms with Crippen LogP contribution in [0.3, 0.4) is 0 Å². The summed E-state index contributed by atoms with van der Waals surface area (Å²) in [5, 5.41) is 7.27. The van der Waals surface area contributed by atoms with Crippen LogP contribution in [-0.2, 0) is 4.79 Å². The smallest absolute Gasteiger partial charge is 0.262 e. The van der Waals surface area contributed by atoms with Crippen molar-refractivity contribution < 1.29 is 14.3 Å². The molecule has 154 valence electrons. The van der Waals surface area contributed by atoms with Crippen LogP contribution in [0.4, 0.5) is 11.4 Å². The number of aryl methyl sites for hydroxylation is 1. The van der Waals surface area contributed by atoms with Gasteiger partial charge in [-0.05, 0) is 54.3 Å². The molecule has 5 heteroatoms. The van der Waals surface area contributed by atoms with Crippen molar-refractivity contribution >= 4 is 34.0 Å². The summed E-state index contributed by atoms with van der Waals surface area (Å²) in [6.07, 6.45) is 0. The maximum Gasteiger partial charge on any atom is 0.262 e. The van der Waals surface area contributed by atoms with Gasteiger partial charge in [0.15, 0.2) is 6.61 Å². The Balaban J connectivity index is 1.52. The molecule has 0 heterocycles. The number of amides is 2. The third-order valence-corrected chi connectivity index (χ3v) is 4.82. The Hall–Kier alpha value is -4.12. The third-order valence-electron chi connectivity index (χ3n) is 4.82. The first-order valence-corrected chi connectivity index (χ1v) is 9.97. The Bertz CT molecular complexity index is 1240. The molecule has 0 aliphatic carbocycles. The molecule has 0 aliphatic heterocycles. The van der Waals surface area contributed by atoms with Crippen LogP contribution in [0.15, 0.2) is 91.0 Å². The lowest BCUT2D eigenvalue weighted by molar-refractivity contribution is -0.118. The van der Waals surface area contributed by atoms with Crippen molar-refractivity contribution in [2.45, 2.75) is 6.92 Å². The number of para-hydroxylation sites is 1. The van der Waals surface area contributed by atoms with Crippen LogP contribution in [0.5, 0.6) is 5.75 Å².